The van der Waals surface area contributed by atoms with Gasteiger partial charge in [0.2, 0.25) is 0 Å². The number of hydrogen-bond donors (Lipinski definition) is 2. The van der Waals surface area contributed by atoms with Crippen molar-refractivity contribution < 1.29 is 4.79 Å². The standard InChI is InChI=1S/C17H20N4O/c1-10-5-4-6-11(2)16(10)21-15-9-14(18-12(3)19-15)17(22)20-13-7-8-13/h4-6,9,13H,7-8H2,1-3H3,(H,20,22)(H,18,19,21). The van der Waals surface area contributed by atoms with Crippen LogP contribution in [0.1, 0.15) is 40.3 Å². The maximum atomic E-state index is 12.2. The first-order chi connectivity index (χ1) is 10.5. The second kappa shape index (κ2) is 5.75. The van der Waals surface area contributed by atoms with Gasteiger partial charge in [0, 0.05) is 17.8 Å². The molecule has 1 fully saturated rings. The number of anilines is 2. The molecule has 2 N–H and O–H groups in total. The van der Waals surface area contributed by atoms with E-state index in [9.17, 15) is 4.79 Å². The van der Waals surface area contributed by atoms with Gasteiger partial charge < -0.3 is 10.6 Å². The van der Waals surface area contributed by atoms with Crippen LogP contribution in [-0.2, 0) is 0 Å². The molecular weight excluding hydrogens is 276 g/mol. The number of benzene rings is 1. The van der Waals surface area contributed by atoms with Crippen LogP contribution in [0.3, 0.4) is 0 Å². The van der Waals surface area contributed by atoms with Gasteiger partial charge in [0.15, 0.2) is 0 Å². The predicted molar refractivity (Wildman–Crippen MR) is 86.5 cm³/mol. The summed E-state index contributed by atoms with van der Waals surface area (Å²) in [6.45, 7) is 5.89. The summed E-state index contributed by atoms with van der Waals surface area (Å²) >= 11 is 0. The van der Waals surface area contributed by atoms with Gasteiger partial charge in [-0.15, -0.1) is 0 Å². The minimum atomic E-state index is -0.127. The predicted octanol–water partition coefficient (Wildman–Crippen LogP) is 3.04. The zero-order valence-electron chi connectivity index (χ0n) is 13.1. The van der Waals surface area contributed by atoms with Crippen molar-refractivity contribution in [3.8, 4) is 0 Å². The summed E-state index contributed by atoms with van der Waals surface area (Å²) in [5.74, 6) is 1.10. The number of aryl methyl sites for hydroxylation is 3. The molecule has 114 valence electrons. The molecule has 1 aromatic heterocycles. The molecule has 5 heteroatoms. The van der Waals surface area contributed by atoms with Gasteiger partial charge in [0.25, 0.3) is 5.91 Å². The molecular formula is C17H20N4O. The van der Waals surface area contributed by atoms with Crippen molar-refractivity contribution in [2.24, 2.45) is 0 Å². The fourth-order valence-electron chi connectivity index (χ4n) is 2.37. The first kappa shape index (κ1) is 14.5. The Morgan fingerprint density at radius 1 is 1.14 bits per heavy atom. The molecule has 1 amide bonds. The average Bonchev–Trinajstić information content (AvgIpc) is 3.26. The van der Waals surface area contributed by atoms with Crippen LogP contribution in [0.25, 0.3) is 0 Å². The van der Waals surface area contributed by atoms with E-state index < -0.39 is 0 Å². The highest BCUT2D eigenvalue weighted by molar-refractivity contribution is 5.93. The summed E-state index contributed by atoms with van der Waals surface area (Å²) < 4.78 is 0. The second-order valence-corrected chi connectivity index (χ2v) is 5.83. The zero-order chi connectivity index (χ0) is 15.7. The molecule has 0 unspecified atom stereocenters. The van der Waals surface area contributed by atoms with E-state index in [0.29, 0.717) is 23.4 Å². The SMILES string of the molecule is Cc1nc(Nc2c(C)cccc2C)cc(C(=O)NC2CC2)n1. The van der Waals surface area contributed by atoms with Crippen LogP contribution < -0.4 is 10.6 Å². The van der Waals surface area contributed by atoms with E-state index in [4.69, 9.17) is 0 Å². The Labute approximate surface area is 130 Å². The third-order valence-electron chi connectivity index (χ3n) is 3.72. The highest BCUT2D eigenvalue weighted by Gasteiger charge is 2.24. The third kappa shape index (κ3) is 3.24. The van der Waals surface area contributed by atoms with Gasteiger partial charge in [-0.25, -0.2) is 9.97 Å². The topological polar surface area (TPSA) is 66.9 Å². The average molecular weight is 296 g/mol. The Morgan fingerprint density at radius 2 is 1.82 bits per heavy atom. The number of carbonyl (C=O) groups excluding carboxylic acids is 1. The molecule has 1 aromatic carbocycles. The Hall–Kier alpha value is -2.43. The van der Waals surface area contributed by atoms with E-state index >= 15 is 0 Å². The van der Waals surface area contributed by atoms with Gasteiger partial charge in [0.1, 0.15) is 17.3 Å². The number of hydrogen-bond acceptors (Lipinski definition) is 4. The molecule has 22 heavy (non-hydrogen) atoms. The van der Waals surface area contributed by atoms with Crippen LogP contribution in [0.4, 0.5) is 11.5 Å². The van der Waals surface area contributed by atoms with E-state index in [0.717, 1.165) is 29.7 Å². The second-order valence-electron chi connectivity index (χ2n) is 5.83. The quantitative estimate of drug-likeness (QED) is 0.910. The molecule has 0 spiro atoms. The molecule has 1 heterocycles. The molecule has 0 atom stereocenters. The van der Waals surface area contributed by atoms with Gasteiger partial charge >= 0.3 is 0 Å². The smallest absolute Gasteiger partial charge is 0.270 e. The number of amides is 1. The van der Waals surface area contributed by atoms with Crippen molar-refractivity contribution >= 4 is 17.4 Å². The number of nitrogens with one attached hydrogen (secondary N) is 2. The normalized spacial score (nSPS) is 13.8. The summed E-state index contributed by atoms with van der Waals surface area (Å²) in [7, 11) is 0. The molecule has 0 aliphatic heterocycles. The van der Waals surface area contributed by atoms with E-state index in [1.54, 1.807) is 13.0 Å². The first-order valence-corrected chi connectivity index (χ1v) is 7.53. The first-order valence-electron chi connectivity index (χ1n) is 7.53. The monoisotopic (exact) mass is 296 g/mol. The maximum Gasteiger partial charge on any atom is 0.270 e. The Morgan fingerprint density at radius 3 is 2.45 bits per heavy atom. The third-order valence-corrected chi connectivity index (χ3v) is 3.72. The lowest BCUT2D eigenvalue weighted by molar-refractivity contribution is 0.0945. The minimum absolute atomic E-state index is 0.127. The van der Waals surface area contributed by atoms with Gasteiger partial charge in [-0.05, 0) is 44.7 Å². The highest BCUT2D eigenvalue weighted by atomic mass is 16.2. The Balaban J connectivity index is 1.87. The molecule has 0 bridgehead atoms. The van der Waals surface area contributed by atoms with Crippen molar-refractivity contribution in [3.05, 3.63) is 46.9 Å². The zero-order valence-corrected chi connectivity index (χ0v) is 13.1. The number of nitrogens with zero attached hydrogens (tertiary/aromatic N) is 2. The number of para-hydroxylation sites is 1. The molecule has 1 saturated carbocycles. The van der Waals surface area contributed by atoms with E-state index in [2.05, 4.69) is 20.6 Å². The summed E-state index contributed by atoms with van der Waals surface area (Å²) in [5.41, 5.74) is 3.71. The van der Waals surface area contributed by atoms with E-state index in [-0.39, 0.29) is 5.91 Å². The number of rotatable bonds is 4. The fraction of sp³-hybridized carbons (Fsp3) is 0.353. The van der Waals surface area contributed by atoms with Gasteiger partial charge in [0.05, 0.1) is 0 Å². The van der Waals surface area contributed by atoms with Gasteiger partial charge in [-0.3, -0.25) is 4.79 Å². The maximum absolute atomic E-state index is 12.2. The van der Waals surface area contributed by atoms with Gasteiger partial charge in [-0.1, -0.05) is 18.2 Å². The van der Waals surface area contributed by atoms with Crippen molar-refractivity contribution in [3.63, 3.8) is 0 Å². The Bertz CT molecular complexity index is 702. The van der Waals surface area contributed by atoms with Crippen LogP contribution in [-0.4, -0.2) is 21.9 Å². The summed E-state index contributed by atoms with van der Waals surface area (Å²) in [5, 5.41) is 6.27. The Kier molecular flexibility index (Phi) is 3.79. The number of carbonyl (C=O) groups is 1. The molecule has 0 radical (unpaired) electrons. The van der Waals surface area contributed by atoms with Crippen LogP contribution in [0.15, 0.2) is 24.3 Å². The lowest BCUT2D eigenvalue weighted by Crippen LogP contribution is -2.26. The van der Waals surface area contributed by atoms with E-state index in [1.807, 2.05) is 32.0 Å². The largest absolute Gasteiger partial charge is 0.348 e. The van der Waals surface area contributed by atoms with Crippen LogP contribution in [0, 0.1) is 20.8 Å². The minimum Gasteiger partial charge on any atom is -0.348 e. The van der Waals surface area contributed by atoms with Crippen LogP contribution >= 0.6 is 0 Å². The molecule has 5 nitrogen and oxygen atoms in total. The van der Waals surface area contributed by atoms with Crippen molar-refractivity contribution in [1.29, 1.82) is 0 Å². The van der Waals surface area contributed by atoms with Crippen LogP contribution in [0.5, 0.6) is 0 Å². The lowest BCUT2D eigenvalue weighted by atomic mass is 10.1. The van der Waals surface area contributed by atoms with Crippen molar-refractivity contribution in [2.45, 2.75) is 39.7 Å². The molecule has 1 aliphatic rings. The van der Waals surface area contributed by atoms with Crippen LogP contribution in [0.2, 0.25) is 0 Å². The molecule has 0 saturated heterocycles. The fourth-order valence-corrected chi connectivity index (χ4v) is 2.37. The summed E-state index contributed by atoms with van der Waals surface area (Å²) in [6.07, 6.45) is 2.12. The van der Waals surface area contributed by atoms with Crippen molar-refractivity contribution in [1.82, 2.24) is 15.3 Å². The van der Waals surface area contributed by atoms with Gasteiger partial charge in [-0.2, -0.15) is 0 Å². The molecule has 1 aliphatic carbocycles. The summed E-state index contributed by atoms with van der Waals surface area (Å²) in [4.78, 5) is 20.8. The molecule has 3 rings (SSSR count). The lowest BCUT2D eigenvalue weighted by Gasteiger charge is -2.13. The molecule has 2 aromatic rings. The van der Waals surface area contributed by atoms with Crippen molar-refractivity contribution in [2.75, 3.05) is 5.32 Å². The van der Waals surface area contributed by atoms with E-state index in [1.165, 1.54) is 0 Å². The summed E-state index contributed by atoms with van der Waals surface area (Å²) in [6, 6.07) is 8.14. The highest BCUT2D eigenvalue weighted by Crippen LogP contribution is 2.24. The number of aromatic nitrogens is 2.